The Balaban J connectivity index is 1.41. The van der Waals surface area contributed by atoms with E-state index in [-0.39, 0.29) is 78.8 Å². The first kappa shape index (κ1) is 43.2. The largest absolute Gasteiger partial charge is 0.505 e. The number of esters is 4. The van der Waals surface area contributed by atoms with Gasteiger partial charge in [0.25, 0.3) is 0 Å². The van der Waals surface area contributed by atoms with E-state index in [0.717, 1.165) is 24.3 Å². The molecule has 0 radical (unpaired) electrons. The molecule has 3 aromatic carbocycles. The molecule has 2 aliphatic rings. The number of phenols is 1. The number of aromatic hydroxyl groups is 1. The summed E-state index contributed by atoms with van der Waals surface area (Å²) < 4.78 is 72.4. The fourth-order valence-electron chi connectivity index (χ4n) is 5.96. The number of para-hydroxylation sites is 2. The van der Waals surface area contributed by atoms with Crippen molar-refractivity contribution in [3.63, 3.8) is 0 Å². The maximum atomic E-state index is 14.8. The standard InChI is InChI=1S/C41H40F2N2O14/c1-52-37(48)20-44(21-38(49)53-2)29-7-5-6-8-33(29)57-13-11-56-12-14-58-36-15-24(9-10-30(36)45(22-39(50)54-3)23-40(51)55-4)41-25-16-27(42)31(46)18-34(25)59-35-19-32(47)28(43)17-26(35)41/h5-10,15-19,46H,11-14,20-23H2,1-4H3. The molecule has 0 fully saturated rings. The summed E-state index contributed by atoms with van der Waals surface area (Å²) in [6, 6.07) is 15.2. The summed E-state index contributed by atoms with van der Waals surface area (Å²) in [5.41, 5.74) is 0.337. The highest BCUT2D eigenvalue weighted by atomic mass is 19.1. The lowest BCUT2D eigenvalue weighted by Gasteiger charge is -2.26. The van der Waals surface area contributed by atoms with Crippen LogP contribution in [0.15, 0.2) is 75.9 Å². The lowest BCUT2D eigenvalue weighted by Crippen LogP contribution is -2.36. The van der Waals surface area contributed by atoms with Gasteiger partial charge in [0.15, 0.2) is 17.4 Å². The van der Waals surface area contributed by atoms with Crippen LogP contribution in [-0.4, -0.2) is 110 Å². The van der Waals surface area contributed by atoms with Gasteiger partial charge in [-0.25, -0.2) is 8.78 Å². The van der Waals surface area contributed by atoms with Gasteiger partial charge in [0.2, 0.25) is 5.43 Å². The highest BCUT2D eigenvalue weighted by molar-refractivity contribution is 6.03. The van der Waals surface area contributed by atoms with Crippen LogP contribution in [-0.2, 0) is 42.9 Å². The molecular weight excluding hydrogens is 782 g/mol. The van der Waals surface area contributed by atoms with Gasteiger partial charge in [0, 0.05) is 28.6 Å². The van der Waals surface area contributed by atoms with E-state index in [1.54, 1.807) is 30.3 Å². The van der Waals surface area contributed by atoms with E-state index in [0.29, 0.717) is 17.0 Å². The van der Waals surface area contributed by atoms with Gasteiger partial charge in [-0.2, -0.15) is 0 Å². The molecule has 0 amide bonds. The Kier molecular flexibility index (Phi) is 14.6. The van der Waals surface area contributed by atoms with Crippen LogP contribution in [0.2, 0.25) is 0 Å². The summed E-state index contributed by atoms with van der Waals surface area (Å²) >= 11 is 0. The predicted molar refractivity (Wildman–Crippen MR) is 207 cm³/mol. The van der Waals surface area contributed by atoms with E-state index >= 15 is 0 Å². The van der Waals surface area contributed by atoms with Gasteiger partial charge < -0.3 is 52.5 Å². The number of rotatable bonds is 19. The molecule has 0 spiro atoms. The summed E-state index contributed by atoms with van der Waals surface area (Å²) in [6.07, 6.45) is 0. The van der Waals surface area contributed by atoms with Crippen molar-refractivity contribution >= 4 is 46.2 Å². The van der Waals surface area contributed by atoms with Crippen molar-refractivity contribution in [2.24, 2.45) is 0 Å². The molecule has 0 saturated heterocycles. The summed E-state index contributed by atoms with van der Waals surface area (Å²) in [5, 5.41) is 10.2. The van der Waals surface area contributed by atoms with Crippen LogP contribution in [0, 0.1) is 11.6 Å². The second kappa shape index (κ2) is 20.0. The number of halogens is 2. The number of hydrogen-bond donors (Lipinski definition) is 1. The van der Waals surface area contributed by atoms with Crippen molar-refractivity contribution in [1.82, 2.24) is 0 Å². The van der Waals surface area contributed by atoms with Crippen molar-refractivity contribution in [2.75, 3.05) is 90.8 Å². The van der Waals surface area contributed by atoms with Gasteiger partial charge in [-0.05, 0) is 42.0 Å². The van der Waals surface area contributed by atoms with Crippen LogP contribution in [0.3, 0.4) is 0 Å². The first-order chi connectivity index (χ1) is 28.4. The van der Waals surface area contributed by atoms with Crippen LogP contribution < -0.4 is 24.7 Å². The van der Waals surface area contributed by atoms with E-state index in [1.807, 2.05) is 0 Å². The van der Waals surface area contributed by atoms with Crippen molar-refractivity contribution in [2.45, 2.75) is 0 Å². The third-order valence-corrected chi connectivity index (χ3v) is 8.80. The van der Waals surface area contributed by atoms with Crippen LogP contribution >= 0.6 is 0 Å². The second-order valence-corrected chi connectivity index (χ2v) is 12.5. The van der Waals surface area contributed by atoms with Crippen molar-refractivity contribution in [1.29, 1.82) is 0 Å². The molecule has 0 saturated carbocycles. The number of ether oxygens (including phenoxy) is 7. The monoisotopic (exact) mass is 822 g/mol. The first-order valence-corrected chi connectivity index (χ1v) is 17.8. The van der Waals surface area contributed by atoms with Crippen molar-refractivity contribution in [3.8, 4) is 39.7 Å². The zero-order chi connectivity index (χ0) is 42.6. The number of nitrogens with zero attached hydrogens (tertiary/aromatic N) is 2. The Hall–Kier alpha value is -6.95. The SMILES string of the molecule is COC(=O)CN(CC(=O)OC)c1ccccc1OCCOCCOc1cc(-c2c3cc(F)c(=O)cc-3oc3cc(O)c(F)cc23)ccc1N(CC(=O)OC)CC(=O)OC. The van der Waals surface area contributed by atoms with Gasteiger partial charge >= 0.3 is 23.9 Å². The number of carbonyl (C=O) groups excluding carboxylic acids is 4. The minimum Gasteiger partial charge on any atom is -0.505 e. The van der Waals surface area contributed by atoms with Crippen LogP contribution in [0.5, 0.6) is 17.2 Å². The third kappa shape index (κ3) is 10.7. The molecule has 1 aliphatic carbocycles. The van der Waals surface area contributed by atoms with Crippen molar-refractivity contribution < 1.29 is 70.6 Å². The second-order valence-electron chi connectivity index (χ2n) is 12.5. The average Bonchev–Trinajstić information content (AvgIpc) is 3.23. The Labute approximate surface area is 335 Å². The Morgan fingerprint density at radius 1 is 0.644 bits per heavy atom. The Morgan fingerprint density at radius 3 is 1.76 bits per heavy atom. The maximum Gasteiger partial charge on any atom is 0.325 e. The molecule has 0 bridgehead atoms. The average molecular weight is 823 g/mol. The number of anilines is 2. The number of methoxy groups -OCH3 is 4. The fourth-order valence-corrected chi connectivity index (χ4v) is 5.96. The van der Waals surface area contributed by atoms with E-state index in [2.05, 4.69) is 0 Å². The van der Waals surface area contributed by atoms with Gasteiger partial charge in [-0.3, -0.25) is 24.0 Å². The number of benzene rings is 4. The van der Waals surface area contributed by atoms with E-state index < -0.39 is 59.8 Å². The lowest BCUT2D eigenvalue weighted by atomic mass is 9.93. The molecule has 59 heavy (non-hydrogen) atoms. The van der Waals surface area contributed by atoms with E-state index in [9.17, 15) is 37.9 Å². The Morgan fingerprint density at radius 2 is 1.19 bits per heavy atom. The Bertz CT molecular complexity index is 2310. The summed E-state index contributed by atoms with van der Waals surface area (Å²) in [5.74, 6) is -4.93. The van der Waals surface area contributed by atoms with E-state index in [1.165, 1.54) is 50.4 Å². The van der Waals surface area contributed by atoms with Gasteiger partial charge in [-0.1, -0.05) is 18.2 Å². The molecule has 0 unspecified atom stereocenters. The first-order valence-electron chi connectivity index (χ1n) is 17.8. The highest BCUT2D eigenvalue weighted by Gasteiger charge is 2.25. The molecule has 1 N–H and O–H groups in total. The minimum absolute atomic E-state index is 0.00244. The van der Waals surface area contributed by atoms with Crippen LogP contribution in [0.1, 0.15) is 0 Å². The molecule has 5 rings (SSSR count). The minimum atomic E-state index is -1.09. The predicted octanol–water partition coefficient (Wildman–Crippen LogP) is 4.33. The summed E-state index contributed by atoms with van der Waals surface area (Å²) in [6.45, 7) is -1.28. The van der Waals surface area contributed by atoms with Gasteiger partial charge in [-0.15, -0.1) is 0 Å². The topological polar surface area (TPSA) is 190 Å². The molecule has 1 aliphatic heterocycles. The molecule has 3 aromatic rings. The molecule has 18 heteroatoms. The number of carbonyl (C=O) groups is 4. The number of hydrogen-bond acceptors (Lipinski definition) is 16. The van der Waals surface area contributed by atoms with Gasteiger partial charge in [0.1, 0.15) is 62.2 Å². The van der Waals surface area contributed by atoms with Crippen LogP contribution in [0.25, 0.3) is 33.4 Å². The smallest absolute Gasteiger partial charge is 0.325 e. The molecular formula is C41H40F2N2O14. The van der Waals surface area contributed by atoms with Crippen molar-refractivity contribution in [3.05, 3.63) is 88.6 Å². The number of phenolic OH excluding ortho intramolecular Hbond substituents is 1. The molecule has 1 heterocycles. The molecule has 312 valence electrons. The summed E-state index contributed by atoms with van der Waals surface area (Å²) in [4.78, 5) is 64.1. The maximum absolute atomic E-state index is 14.8. The molecule has 0 atom stereocenters. The molecule has 0 aromatic heterocycles. The highest BCUT2D eigenvalue weighted by Crippen LogP contribution is 2.44. The quantitative estimate of drug-likeness (QED) is 0.0536. The summed E-state index contributed by atoms with van der Waals surface area (Å²) in [7, 11) is 4.82. The molecule has 16 nitrogen and oxygen atoms in total. The van der Waals surface area contributed by atoms with E-state index in [4.69, 9.17) is 37.6 Å². The number of fused-ring (bicyclic) bond motifs is 2. The zero-order valence-corrected chi connectivity index (χ0v) is 32.4. The van der Waals surface area contributed by atoms with Gasteiger partial charge in [0.05, 0.1) is 53.0 Å². The lowest BCUT2D eigenvalue weighted by molar-refractivity contribution is -0.141. The fraction of sp³-hybridized carbons (Fsp3) is 0.293. The third-order valence-electron chi connectivity index (χ3n) is 8.80. The normalized spacial score (nSPS) is 10.9. The van der Waals surface area contributed by atoms with Crippen LogP contribution in [0.4, 0.5) is 20.2 Å². The zero-order valence-electron chi connectivity index (χ0n) is 32.4.